The van der Waals surface area contributed by atoms with Gasteiger partial charge in [-0.2, -0.15) is 0 Å². The normalized spacial score (nSPS) is 11.5. The first-order valence-corrected chi connectivity index (χ1v) is 8.91. The lowest BCUT2D eigenvalue weighted by Crippen LogP contribution is -2.26. The van der Waals surface area contributed by atoms with Gasteiger partial charge in [0.15, 0.2) is 0 Å². The molecular formula is C21H20N4O4. The number of nitro groups is 1. The molecule has 1 atom stereocenters. The first-order valence-electron chi connectivity index (χ1n) is 8.91. The summed E-state index contributed by atoms with van der Waals surface area (Å²) < 4.78 is 5.76. The molecule has 148 valence electrons. The lowest BCUT2D eigenvalue weighted by molar-refractivity contribution is -0.383. The van der Waals surface area contributed by atoms with Crippen LogP contribution in [0, 0.1) is 10.1 Å². The van der Waals surface area contributed by atoms with Crippen LogP contribution in [0.25, 0.3) is 0 Å². The summed E-state index contributed by atoms with van der Waals surface area (Å²) in [6.07, 6.45) is 1.70. The topological polar surface area (TPSA) is 120 Å². The molecule has 1 heterocycles. The number of hydrogen-bond acceptors (Lipinski definition) is 6. The van der Waals surface area contributed by atoms with Gasteiger partial charge in [0, 0.05) is 17.8 Å². The predicted octanol–water partition coefficient (Wildman–Crippen LogP) is 3.64. The molecule has 3 N–H and O–H groups in total. The van der Waals surface area contributed by atoms with Crippen molar-refractivity contribution in [1.29, 1.82) is 0 Å². The molecule has 3 rings (SSSR count). The van der Waals surface area contributed by atoms with E-state index in [4.69, 9.17) is 10.5 Å². The fourth-order valence-corrected chi connectivity index (χ4v) is 2.72. The Balaban J connectivity index is 1.67. The number of ether oxygens (including phenoxy) is 1. The fourth-order valence-electron chi connectivity index (χ4n) is 2.72. The van der Waals surface area contributed by atoms with Crippen molar-refractivity contribution >= 4 is 17.3 Å². The molecule has 1 aromatic heterocycles. The number of amides is 1. The van der Waals surface area contributed by atoms with Gasteiger partial charge in [0.05, 0.1) is 16.7 Å². The quantitative estimate of drug-likeness (QED) is 0.360. The molecule has 8 heteroatoms. The third-order valence-corrected chi connectivity index (χ3v) is 4.31. The summed E-state index contributed by atoms with van der Waals surface area (Å²) in [4.78, 5) is 27.1. The number of nitrogens with one attached hydrogen (secondary N) is 1. The third kappa shape index (κ3) is 5.07. The van der Waals surface area contributed by atoms with Gasteiger partial charge in [0.1, 0.15) is 18.0 Å². The van der Waals surface area contributed by atoms with Crippen LogP contribution in [0.15, 0.2) is 66.9 Å². The summed E-state index contributed by atoms with van der Waals surface area (Å²) in [5.41, 5.74) is 7.11. The maximum absolute atomic E-state index is 12.5. The number of hydrogen-bond donors (Lipinski definition) is 2. The highest BCUT2D eigenvalue weighted by molar-refractivity contribution is 5.95. The fraction of sp³-hybridized carbons (Fsp3) is 0.143. The van der Waals surface area contributed by atoms with Gasteiger partial charge in [-0.1, -0.05) is 18.2 Å². The summed E-state index contributed by atoms with van der Waals surface area (Å²) >= 11 is 0. The maximum atomic E-state index is 12.5. The molecule has 0 spiro atoms. The van der Waals surface area contributed by atoms with Crippen LogP contribution in [0.5, 0.6) is 5.75 Å². The Morgan fingerprint density at radius 2 is 2.03 bits per heavy atom. The van der Waals surface area contributed by atoms with Crippen LogP contribution in [0.2, 0.25) is 0 Å². The van der Waals surface area contributed by atoms with Crippen LogP contribution < -0.4 is 15.8 Å². The Morgan fingerprint density at radius 1 is 1.21 bits per heavy atom. The van der Waals surface area contributed by atoms with Gasteiger partial charge in [0.2, 0.25) is 0 Å². The largest absolute Gasteiger partial charge is 0.487 e. The zero-order valence-electron chi connectivity index (χ0n) is 15.7. The zero-order valence-corrected chi connectivity index (χ0v) is 15.7. The van der Waals surface area contributed by atoms with E-state index in [-0.39, 0.29) is 23.0 Å². The van der Waals surface area contributed by atoms with Crippen molar-refractivity contribution < 1.29 is 14.5 Å². The Morgan fingerprint density at radius 3 is 2.76 bits per heavy atom. The van der Waals surface area contributed by atoms with Gasteiger partial charge in [-0.05, 0) is 48.9 Å². The Bertz CT molecular complexity index is 1020. The van der Waals surface area contributed by atoms with E-state index in [2.05, 4.69) is 10.3 Å². The molecule has 1 amide bonds. The zero-order chi connectivity index (χ0) is 20.8. The number of anilines is 1. The second-order valence-electron chi connectivity index (χ2n) is 6.41. The van der Waals surface area contributed by atoms with Crippen molar-refractivity contribution in [3.8, 4) is 5.75 Å². The van der Waals surface area contributed by atoms with Crippen LogP contribution in [-0.2, 0) is 6.61 Å². The molecule has 8 nitrogen and oxygen atoms in total. The van der Waals surface area contributed by atoms with Crippen LogP contribution >= 0.6 is 0 Å². The van der Waals surface area contributed by atoms with E-state index < -0.39 is 10.8 Å². The average Bonchev–Trinajstić information content (AvgIpc) is 2.73. The van der Waals surface area contributed by atoms with Crippen LogP contribution in [-0.4, -0.2) is 15.8 Å². The number of carbonyl (C=O) groups is 1. The lowest BCUT2D eigenvalue weighted by Gasteiger charge is -2.16. The van der Waals surface area contributed by atoms with Gasteiger partial charge >= 0.3 is 0 Å². The molecule has 2 aromatic carbocycles. The molecule has 0 saturated heterocycles. The van der Waals surface area contributed by atoms with Crippen LogP contribution in [0.3, 0.4) is 0 Å². The van der Waals surface area contributed by atoms with E-state index in [1.165, 1.54) is 18.2 Å². The van der Waals surface area contributed by atoms with Crippen LogP contribution in [0.4, 0.5) is 11.4 Å². The predicted molar refractivity (Wildman–Crippen MR) is 108 cm³/mol. The van der Waals surface area contributed by atoms with Crippen molar-refractivity contribution in [2.24, 2.45) is 0 Å². The number of carbonyl (C=O) groups excluding carboxylic acids is 1. The van der Waals surface area contributed by atoms with E-state index in [1.807, 2.05) is 49.4 Å². The van der Waals surface area contributed by atoms with E-state index in [1.54, 1.807) is 6.20 Å². The van der Waals surface area contributed by atoms with Crippen molar-refractivity contribution in [2.45, 2.75) is 19.6 Å². The first kappa shape index (κ1) is 19.8. The standard InChI is InChI=1S/C21H20N4O4/c1-14(24-21(26)16-8-9-19(22)20(12-16)25(27)28)15-5-4-7-18(11-15)29-13-17-6-2-3-10-23-17/h2-12,14H,13,22H2,1H3,(H,24,26). The van der Waals surface area contributed by atoms with Gasteiger partial charge in [0.25, 0.3) is 11.6 Å². The van der Waals surface area contributed by atoms with E-state index in [9.17, 15) is 14.9 Å². The summed E-state index contributed by atoms with van der Waals surface area (Å²) in [5, 5.41) is 13.8. The molecule has 0 aliphatic rings. The van der Waals surface area contributed by atoms with Crippen molar-refractivity contribution in [3.63, 3.8) is 0 Å². The SMILES string of the molecule is CC(NC(=O)c1ccc(N)c([N+](=O)[O-])c1)c1cccc(OCc2ccccn2)c1. The van der Waals surface area contributed by atoms with Crippen molar-refractivity contribution in [1.82, 2.24) is 10.3 Å². The van der Waals surface area contributed by atoms with Gasteiger partial charge in [-0.25, -0.2) is 0 Å². The minimum Gasteiger partial charge on any atom is -0.487 e. The molecule has 0 saturated carbocycles. The molecule has 29 heavy (non-hydrogen) atoms. The number of nitrogen functional groups attached to an aromatic ring is 1. The molecule has 0 aliphatic heterocycles. The number of pyridine rings is 1. The Kier molecular flexibility index (Phi) is 6.03. The Labute approximate surface area is 167 Å². The second-order valence-corrected chi connectivity index (χ2v) is 6.41. The second kappa shape index (κ2) is 8.83. The number of benzene rings is 2. The number of rotatable bonds is 7. The lowest BCUT2D eigenvalue weighted by atomic mass is 10.1. The molecule has 1 unspecified atom stereocenters. The van der Waals surface area contributed by atoms with Gasteiger partial charge in [-0.3, -0.25) is 19.9 Å². The average molecular weight is 392 g/mol. The Hall–Kier alpha value is -3.94. The minimum atomic E-state index is -0.613. The van der Waals surface area contributed by atoms with E-state index in [0.717, 1.165) is 11.3 Å². The molecule has 3 aromatic rings. The number of aromatic nitrogens is 1. The minimum absolute atomic E-state index is 0.0114. The molecule has 0 aliphatic carbocycles. The van der Waals surface area contributed by atoms with Crippen molar-refractivity contribution in [2.75, 3.05) is 5.73 Å². The monoisotopic (exact) mass is 392 g/mol. The molecule has 0 bridgehead atoms. The summed E-state index contributed by atoms with van der Waals surface area (Å²) in [6, 6.07) is 16.6. The summed E-state index contributed by atoms with van der Waals surface area (Å²) in [5.74, 6) is 0.220. The maximum Gasteiger partial charge on any atom is 0.292 e. The summed E-state index contributed by atoms with van der Waals surface area (Å²) in [6.45, 7) is 2.15. The third-order valence-electron chi connectivity index (χ3n) is 4.31. The highest BCUT2D eigenvalue weighted by Gasteiger charge is 2.17. The van der Waals surface area contributed by atoms with Crippen molar-refractivity contribution in [3.05, 3.63) is 93.8 Å². The first-order chi connectivity index (χ1) is 13.9. The molecule has 0 radical (unpaired) electrons. The van der Waals surface area contributed by atoms with Crippen LogP contribution in [0.1, 0.15) is 34.6 Å². The highest BCUT2D eigenvalue weighted by Crippen LogP contribution is 2.24. The number of nitrogens with two attached hydrogens (primary N) is 1. The highest BCUT2D eigenvalue weighted by atomic mass is 16.6. The van der Waals surface area contributed by atoms with Gasteiger partial charge < -0.3 is 15.8 Å². The van der Waals surface area contributed by atoms with Gasteiger partial charge in [-0.15, -0.1) is 0 Å². The number of nitrogens with zero attached hydrogens (tertiary/aromatic N) is 2. The molecule has 0 fully saturated rings. The molecular weight excluding hydrogens is 372 g/mol. The number of nitro benzene ring substituents is 1. The van der Waals surface area contributed by atoms with E-state index >= 15 is 0 Å². The summed E-state index contributed by atoms with van der Waals surface area (Å²) in [7, 11) is 0. The van der Waals surface area contributed by atoms with E-state index in [0.29, 0.717) is 12.4 Å². The smallest absolute Gasteiger partial charge is 0.292 e.